The van der Waals surface area contributed by atoms with Crippen LogP contribution >= 0.6 is 0 Å². The SMILES string of the molecule is COc1cc(C(=O)CC[C@@](O)(c2cc3c(c(-c4ccc(C)cc4)n2)OC[C@]3(C)N)C(F)(F)F)ccc1OC[C@H](C)O. The first-order chi connectivity index (χ1) is 19.2. The van der Waals surface area contributed by atoms with E-state index in [4.69, 9.17) is 19.9 Å². The molecule has 0 bridgehead atoms. The molecule has 4 rings (SSSR count). The molecular formula is C30H33F3N2O6. The quantitative estimate of drug-likeness (QED) is 0.295. The van der Waals surface area contributed by atoms with Crippen LogP contribution in [0.4, 0.5) is 13.2 Å². The van der Waals surface area contributed by atoms with Crippen molar-refractivity contribution < 1.29 is 42.4 Å². The first-order valence-corrected chi connectivity index (χ1v) is 13.0. The molecule has 0 saturated carbocycles. The Bertz CT molecular complexity index is 1420. The van der Waals surface area contributed by atoms with Gasteiger partial charge in [-0.25, -0.2) is 4.98 Å². The number of aliphatic hydroxyl groups is 2. The summed E-state index contributed by atoms with van der Waals surface area (Å²) in [5.41, 5.74) is 3.01. The van der Waals surface area contributed by atoms with Crippen molar-refractivity contribution in [3.63, 3.8) is 0 Å². The average Bonchev–Trinajstić information content (AvgIpc) is 3.23. The van der Waals surface area contributed by atoms with E-state index >= 15 is 0 Å². The number of hydrogen-bond acceptors (Lipinski definition) is 8. The number of halogens is 3. The molecule has 1 aliphatic heterocycles. The van der Waals surface area contributed by atoms with Crippen molar-refractivity contribution in [2.75, 3.05) is 20.3 Å². The van der Waals surface area contributed by atoms with E-state index in [2.05, 4.69) is 4.98 Å². The first-order valence-electron chi connectivity index (χ1n) is 13.0. The minimum Gasteiger partial charge on any atom is -0.493 e. The van der Waals surface area contributed by atoms with Gasteiger partial charge < -0.3 is 30.2 Å². The molecular weight excluding hydrogens is 541 g/mol. The molecule has 2 heterocycles. The van der Waals surface area contributed by atoms with Crippen molar-refractivity contribution in [1.82, 2.24) is 4.98 Å². The predicted molar refractivity (Wildman–Crippen MR) is 145 cm³/mol. The van der Waals surface area contributed by atoms with Gasteiger partial charge >= 0.3 is 6.18 Å². The van der Waals surface area contributed by atoms with Gasteiger partial charge in [0, 0.05) is 23.1 Å². The van der Waals surface area contributed by atoms with Gasteiger partial charge in [-0.2, -0.15) is 13.2 Å². The van der Waals surface area contributed by atoms with Gasteiger partial charge in [-0.3, -0.25) is 4.79 Å². The molecule has 11 heteroatoms. The fourth-order valence-electron chi connectivity index (χ4n) is 4.55. The van der Waals surface area contributed by atoms with Crippen LogP contribution < -0.4 is 19.9 Å². The van der Waals surface area contributed by atoms with Gasteiger partial charge in [0.25, 0.3) is 0 Å². The lowest BCUT2D eigenvalue weighted by molar-refractivity contribution is -0.270. The summed E-state index contributed by atoms with van der Waals surface area (Å²) in [4.78, 5) is 17.3. The number of rotatable bonds is 10. The second kappa shape index (κ2) is 11.3. The van der Waals surface area contributed by atoms with Gasteiger partial charge in [0.15, 0.2) is 23.0 Å². The van der Waals surface area contributed by atoms with Crippen molar-refractivity contribution in [2.45, 2.75) is 57.0 Å². The van der Waals surface area contributed by atoms with Crippen LogP contribution in [-0.4, -0.2) is 53.6 Å². The summed E-state index contributed by atoms with van der Waals surface area (Å²) in [6, 6.07) is 12.3. The molecule has 0 spiro atoms. The Morgan fingerprint density at radius 2 is 1.85 bits per heavy atom. The number of ketones is 1. The number of carbonyl (C=O) groups excluding carboxylic acids is 1. The standard InChI is InChI=1S/C30H33F3N2O6/c1-17-5-7-19(8-6-17)26-27-21(28(3,34)16-41-27)14-25(35-26)29(38,30(31,32)33)12-11-22(37)20-9-10-23(24(13-20)39-4)40-15-18(2)36/h5-10,13-14,18,36,38H,11-12,15-16,34H2,1-4H3/t18-,28-,29+/m0/s1. The number of fused-ring (bicyclic) bond motifs is 1. The van der Waals surface area contributed by atoms with Gasteiger partial charge in [-0.15, -0.1) is 0 Å². The van der Waals surface area contributed by atoms with Gasteiger partial charge in [-0.05, 0) is 51.5 Å². The number of alkyl halides is 3. The van der Waals surface area contributed by atoms with Crippen molar-refractivity contribution >= 4 is 5.78 Å². The van der Waals surface area contributed by atoms with E-state index in [-0.39, 0.29) is 47.3 Å². The molecule has 3 aromatic rings. The minimum absolute atomic E-state index is 0.0203. The summed E-state index contributed by atoms with van der Waals surface area (Å²) >= 11 is 0. The van der Waals surface area contributed by atoms with Crippen LogP contribution in [-0.2, 0) is 11.1 Å². The number of Topliss-reactive ketones (excluding diaryl/α,β-unsaturated/α-hetero) is 1. The molecule has 0 saturated heterocycles. The highest BCUT2D eigenvalue weighted by molar-refractivity contribution is 5.96. The second-order valence-electron chi connectivity index (χ2n) is 10.6. The number of aryl methyl sites for hydroxylation is 1. The number of ether oxygens (including phenoxy) is 3. The highest BCUT2D eigenvalue weighted by Gasteiger charge is 2.56. The minimum atomic E-state index is -5.17. The Labute approximate surface area is 235 Å². The van der Waals surface area contributed by atoms with E-state index in [0.29, 0.717) is 5.56 Å². The lowest BCUT2D eigenvalue weighted by atomic mass is 9.86. The van der Waals surface area contributed by atoms with Gasteiger partial charge in [0.2, 0.25) is 5.60 Å². The Balaban J connectivity index is 1.70. The number of nitrogens with zero attached hydrogens (tertiary/aromatic N) is 1. The molecule has 2 aromatic carbocycles. The third-order valence-corrected chi connectivity index (χ3v) is 7.00. The number of benzene rings is 2. The lowest BCUT2D eigenvalue weighted by Crippen LogP contribution is -2.44. The van der Waals surface area contributed by atoms with Crippen LogP contribution in [0.2, 0.25) is 0 Å². The van der Waals surface area contributed by atoms with Crippen LogP contribution in [0.5, 0.6) is 17.2 Å². The number of methoxy groups -OCH3 is 1. The maximum Gasteiger partial charge on any atom is 0.422 e. The Morgan fingerprint density at radius 1 is 1.17 bits per heavy atom. The Hall–Kier alpha value is -3.67. The Kier molecular flexibility index (Phi) is 8.35. The van der Waals surface area contributed by atoms with Crippen molar-refractivity contribution in [3.05, 3.63) is 70.9 Å². The number of hydrogen-bond donors (Lipinski definition) is 3. The van der Waals surface area contributed by atoms with Crippen LogP contribution in [0.15, 0.2) is 48.5 Å². The molecule has 0 fully saturated rings. The number of aromatic nitrogens is 1. The van der Waals surface area contributed by atoms with Crippen molar-refractivity contribution in [1.29, 1.82) is 0 Å². The number of pyridine rings is 1. The molecule has 1 aliphatic rings. The van der Waals surface area contributed by atoms with Crippen LogP contribution in [0.25, 0.3) is 11.3 Å². The molecule has 3 atom stereocenters. The smallest absolute Gasteiger partial charge is 0.422 e. The zero-order chi connectivity index (χ0) is 30.2. The molecule has 0 amide bonds. The zero-order valence-electron chi connectivity index (χ0n) is 23.2. The summed E-state index contributed by atoms with van der Waals surface area (Å²) in [5.74, 6) is 0.0378. The van der Waals surface area contributed by atoms with Crippen LogP contribution in [0, 0.1) is 6.92 Å². The summed E-state index contributed by atoms with van der Waals surface area (Å²) in [5, 5.41) is 20.7. The number of nitrogens with two attached hydrogens (primary N) is 1. The maximum atomic E-state index is 14.6. The topological polar surface area (TPSA) is 124 Å². The number of aliphatic hydroxyl groups excluding tert-OH is 1. The molecule has 8 nitrogen and oxygen atoms in total. The zero-order valence-corrected chi connectivity index (χ0v) is 23.2. The summed E-state index contributed by atoms with van der Waals surface area (Å²) in [7, 11) is 1.35. The fourth-order valence-corrected chi connectivity index (χ4v) is 4.55. The largest absolute Gasteiger partial charge is 0.493 e. The highest BCUT2D eigenvalue weighted by Crippen LogP contribution is 2.48. The van der Waals surface area contributed by atoms with E-state index in [0.717, 1.165) is 11.6 Å². The molecule has 0 aliphatic carbocycles. The Morgan fingerprint density at radius 3 is 2.46 bits per heavy atom. The molecule has 1 aromatic heterocycles. The molecule has 0 unspecified atom stereocenters. The second-order valence-corrected chi connectivity index (χ2v) is 10.6. The molecule has 4 N–H and O–H groups in total. The first kappa shape index (κ1) is 30.3. The fraction of sp³-hybridized carbons (Fsp3) is 0.400. The van der Waals surface area contributed by atoms with Crippen molar-refractivity contribution in [3.8, 4) is 28.5 Å². The normalized spacial score (nSPS) is 18.7. The predicted octanol–water partition coefficient (Wildman–Crippen LogP) is 4.80. The summed E-state index contributed by atoms with van der Waals surface area (Å²) in [6.07, 6.45) is -7.55. The van der Waals surface area contributed by atoms with Gasteiger partial charge in [0.05, 0.1) is 24.4 Å². The lowest BCUT2D eigenvalue weighted by Gasteiger charge is -2.31. The van der Waals surface area contributed by atoms with Gasteiger partial charge in [-0.1, -0.05) is 29.8 Å². The van der Waals surface area contributed by atoms with E-state index in [1.165, 1.54) is 32.2 Å². The van der Waals surface area contributed by atoms with Crippen LogP contribution in [0.3, 0.4) is 0 Å². The van der Waals surface area contributed by atoms with E-state index in [9.17, 15) is 28.2 Å². The number of carbonyl (C=O) groups is 1. The van der Waals surface area contributed by atoms with Crippen LogP contribution in [0.1, 0.15) is 53.9 Å². The summed E-state index contributed by atoms with van der Waals surface area (Å²) in [6.45, 7) is 5.03. The average molecular weight is 575 g/mol. The molecule has 220 valence electrons. The van der Waals surface area contributed by atoms with E-state index < -0.39 is 47.7 Å². The maximum absolute atomic E-state index is 14.6. The third-order valence-electron chi connectivity index (χ3n) is 7.00. The van der Waals surface area contributed by atoms with E-state index in [1.54, 1.807) is 31.2 Å². The van der Waals surface area contributed by atoms with Gasteiger partial charge in [0.1, 0.15) is 18.9 Å². The monoisotopic (exact) mass is 574 g/mol. The third kappa shape index (κ3) is 6.17. The summed E-state index contributed by atoms with van der Waals surface area (Å²) < 4.78 is 60.2. The highest BCUT2D eigenvalue weighted by atomic mass is 19.4. The molecule has 0 radical (unpaired) electrons. The molecule has 41 heavy (non-hydrogen) atoms. The van der Waals surface area contributed by atoms with E-state index in [1.807, 2.05) is 6.92 Å². The van der Waals surface area contributed by atoms with Crippen molar-refractivity contribution in [2.24, 2.45) is 5.73 Å².